The first-order chi connectivity index (χ1) is 13.5. The number of nitrogens with one attached hydrogen (secondary N) is 1. The van der Waals surface area contributed by atoms with Crippen molar-refractivity contribution in [2.24, 2.45) is 39.9 Å². The quantitative estimate of drug-likeness (QED) is 0.653. The molecule has 4 fully saturated rings. The zero-order chi connectivity index (χ0) is 21.2. The molecule has 3 saturated carbocycles. The molecule has 0 aromatic rings. The second kappa shape index (κ2) is 6.99. The molecular weight excluding hydrogens is 362 g/mol. The Labute approximate surface area is 176 Å². The number of carbonyl (C=O) groups excluding carboxylic acids is 2. The number of hydrogen-bond donors (Lipinski definition) is 1. The molecule has 164 valence electrons. The van der Waals surface area contributed by atoms with Crippen LogP contribution in [-0.4, -0.2) is 24.0 Å². The van der Waals surface area contributed by atoms with E-state index in [9.17, 15) is 9.59 Å². The Hall–Kier alpha value is -1.06. The van der Waals surface area contributed by atoms with Crippen molar-refractivity contribution in [3.63, 3.8) is 0 Å². The highest BCUT2D eigenvalue weighted by Crippen LogP contribution is 2.66. The molecule has 29 heavy (non-hydrogen) atoms. The van der Waals surface area contributed by atoms with E-state index in [0.717, 1.165) is 30.6 Å². The number of hydrogen-bond acceptors (Lipinski definition) is 3. The van der Waals surface area contributed by atoms with Gasteiger partial charge in [-0.05, 0) is 101 Å². The third kappa shape index (κ3) is 3.33. The van der Waals surface area contributed by atoms with E-state index in [1.165, 1.54) is 32.1 Å². The Morgan fingerprint density at radius 2 is 1.72 bits per heavy atom. The van der Waals surface area contributed by atoms with Gasteiger partial charge >= 0.3 is 5.97 Å². The summed E-state index contributed by atoms with van der Waals surface area (Å²) in [6.45, 7) is 12.9. The van der Waals surface area contributed by atoms with Crippen molar-refractivity contribution in [1.29, 1.82) is 0 Å². The van der Waals surface area contributed by atoms with Crippen LogP contribution in [-0.2, 0) is 14.3 Å². The van der Waals surface area contributed by atoms with E-state index in [4.69, 9.17) is 4.74 Å². The van der Waals surface area contributed by atoms with Gasteiger partial charge in [0, 0.05) is 18.4 Å². The lowest BCUT2D eigenvalue weighted by atomic mass is 9.47. The summed E-state index contributed by atoms with van der Waals surface area (Å²) in [6, 6.07) is 0.373. The fourth-order valence-electron chi connectivity index (χ4n) is 7.94. The fraction of sp³-hybridized carbons (Fsp3) is 0.920. The molecule has 4 nitrogen and oxygen atoms in total. The van der Waals surface area contributed by atoms with Gasteiger partial charge in [-0.2, -0.15) is 0 Å². The molecule has 4 heteroatoms. The highest BCUT2D eigenvalue weighted by atomic mass is 16.5. The molecule has 3 aliphatic carbocycles. The monoisotopic (exact) mass is 403 g/mol. The molecule has 4 aliphatic rings. The summed E-state index contributed by atoms with van der Waals surface area (Å²) in [4.78, 5) is 24.5. The van der Waals surface area contributed by atoms with Gasteiger partial charge in [0.1, 0.15) is 6.10 Å². The normalized spacial score (nSPS) is 45.4. The van der Waals surface area contributed by atoms with E-state index in [0.29, 0.717) is 18.4 Å². The van der Waals surface area contributed by atoms with Gasteiger partial charge in [-0.15, -0.1) is 0 Å². The molecule has 0 aromatic heterocycles. The van der Waals surface area contributed by atoms with E-state index in [1.54, 1.807) is 0 Å². The first kappa shape index (κ1) is 21.2. The molecule has 8 atom stereocenters. The summed E-state index contributed by atoms with van der Waals surface area (Å²) in [6.07, 6.45) is 9.07. The van der Waals surface area contributed by atoms with Crippen molar-refractivity contribution < 1.29 is 14.3 Å². The van der Waals surface area contributed by atoms with Gasteiger partial charge in [0.25, 0.3) is 0 Å². The lowest BCUT2D eigenvalue weighted by Crippen LogP contribution is -2.61. The molecule has 4 rings (SSSR count). The second-order valence-electron chi connectivity index (χ2n) is 12.2. The van der Waals surface area contributed by atoms with Crippen molar-refractivity contribution in [3.05, 3.63) is 0 Å². The smallest absolute Gasteiger partial charge is 0.311 e. The van der Waals surface area contributed by atoms with Crippen LogP contribution in [0.5, 0.6) is 0 Å². The van der Waals surface area contributed by atoms with Crippen LogP contribution >= 0.6 is 0 Å². The van der Waals surface area contributed by atoms with E-state index in [2.05, 4.69) is 26.1 Å². The SMILES string of the molecule is CC(OC(=O)C(C)(C)C)[C@H]1CC[C@H]2[C@@H]3CC[C@H]4NC(=O)CC[C@]4(C)[C@H]3CC[C@]12C. The van der Waals surface area contributed by atoms with Crippen LogP contribution in [0.15, 0.2) is 0 Å². The molecular formula is C25H41NO3. The highest BCUT2D eigenvalue weighted by Gasteiger charge is 2.61. The van der Waals surface area contributed by atoms with Gasteiger partial charge in [-0.3, -0.25) is 9.59 Å². The number of piperidine rings is 1. The maximum atomic E-state index is 12.5. The van der Waals surface area contributed by atoms with E-state index in [1.807, 2.05) is 20.8 Å². The van der Waals surface area contributed by atoms with Gasteiger partial charge in [0.15, 0.2) is 0 Å². The van der Waals surface area contributed by atoms with Gasteiger partial charge in [-0.1, -0.05) is 13.8 Å². The fourth-order valence-corrected chi connectivity index (χ4v) is 7.94. The van der Waals surface area contributed by atoms with Crippen LogP contribution in [0.3, 0.4) is 0 Å². The molecule has 1 amide bonds. The average molecular weight is 404 g/mol. The number of ether oxygens (including phenoxy) is 1. The Morgan fingerprint density at radius 1 is 1.03 bits per heavy atom. The van der Waals surface area contributed by atoms with Crippen LogP contribution in [0.4, 0.5) is 0 Å². The molecule has 0 aromatic carbocycles. The first-order valence-corrected chi connectivity index (χ1v) is 12.0. The lowest BCUT2D eigenvalue weighted by Gasteiger charge is -2.60. The predicted octanol–water partition coefficient (Wildman–Crippen LogP) is 5.10. The summed E-state index contributed by atoms with van der Waals surface area (Å²) < 4.78 is 5.98. The molecule has 1 unspecified atom stereocenters. The minimum Gasteiger partial charge on any atom is -0.462 e. The Bertz CT molecular complexity index is 682. The highest BCUT2D eigenvalue weighted by molar-refractivity contribution is 5.77. The molecule has 1 heterocycles. The third-order valence-electron chi connectivity index (χ3n) is 9.64. The standard InChI is InChI=1S/C25H41NO3/c1-15(29-22(28)23(2,3)4)17-8-9-18-16-7-10-20-25(6,14-12-21(27)26-20)19(16)11-13-24(17,18)5/h15-20H,7-14H2,1-6H3,(H,26,27)/t15?,16-,17+,18-,19-,20+,24+,25+/m0/s1. The van der Waals surface area contributed by atoms with Crippen molar-refractivity contribution >= 4 is 11.9 Å². The van der Waals surface area contributed by atoms with Crippen LogP contribution < -0.4 is 5.32 Å². The number of carbonyl (C=O) groups is 2. The van der Waals surface area contributed by atoms with Crippen molar-refractivity contribution in [3.8, 4) is 0 Å². The number of esters is 1. The van der Waals surface area contributed by atoms with Crippen molar-refractivity contribution in [2.75, 3.05) is 0 Å². The minimum atomic E-state index is -0.441. The Kier molecular flexibility index (Phi) is 5.10. The topological polar surface area (TPSA) is 55.4 Å². The van der Waals surface area contributed by atoms with Crippen LogP contribution in [0.25, 0.3) is 0 Å². The number of fused-ring (bicyclic) bond motifs is 5. The van der Waals surface area contributed by atoms with E-state index >= 15 is 0 Å². The predicted molar refractivity (Wildman–Crippen MR) is 114 cm³/mol. The largest absolute Gasteiger partial charge is 0.462 e. The first-order valence-electron chi connectivity index (χ1n) is 12.0. The zero-order valence-electron chi connectivity index (χ0n) is 19.3. The van der Waals surface area contributed by atoms with Crippen LogP contribution in [0.2, 0.25) is 0 Å². The van der Waals surface area contributed by atoms with Gasteiger partial charge in [0.2, 0.25) is 5.91 Å². The van der Waals surface area contributed by atoms with Crippen molar-refractivity contribution in [2.45, 2.75) is 105 Å². The maximum absolute atomic E-state index is 12.5. The lowest BCUT2D eigenvalue weighted by molar-refractivity contribution is -0.165. The van der Waals surface area contributed by atoms with E-state index < -0.39 is 5.41 Å². The van der Waals surface area contributed by atoms with Gasteiger partial charge in [-0.25, -0.2) is 0 Å². The van der Waals surface area contributed by atoms with E-state index in [-0.39, 0.29) is 28.8 Å². The molecule has 0 spiro atoms. The Balaban J connectivity index is 1.51. The zero-order valence-corrected chi connectivity index (χ0v) is 19.3. The van der Waals surface area contributed by atoms with Crippen LogP contribution in [0.1, 0.15) is 92.9 Å². The molecule has 0 bridgehead atoms. The summed E-state index contributed by atoms with van der Waals surface area (Å²) in [7, 11) is 0. The maximum Gasteiger partial charge on any atom is 0.311 e. The third-order valence-corrected chi connectivity index (χ3v) is 9.64. The second-order valence-corrected chi connectivity index (χ2v) is 12.2. The molecule has 0 radical (unpaired) electrons. The molecule has 1 aliphatic heterocycles. The molecule has 1 saturated heterocycles. The number of rotatable bonds is 2. The van der Waals surface area contributed by atoms with Crippen LogP contribution in [0, 0.1) is 39.9 Å². The number of amides is 1. The summed E-state index contributed by atoms with van der Waals surface area (Å²) in [5, 5.41) is 3.33. The summed E-state index contributed by atoms with van der Waals surface area (Å²) in [5.41, 5.74) is 0.101. The Morgan fingerprint density at radius 3 is 2.41 bits per heavy atom. The average Bonchev–Trinajstić information content (AvgIpc) is 2.98. The minimum absolute atomic E-state index is 0.00540. The summed E-state index contributed by atoms with van der Waals surface area (Å²) >= 11 is 0. The van der Waals surface area contributed by atoms with Gasteiger partial charge in [0.05, 0.1) is 5.41 Å². The molecule has 1 N–H and O–H groups in total. The summed E-state index contributed by atoms with van der Waals surface area (Å²) in [5.74, 6) is 2.87. The van der Waals surface area contributed by atoms with Crippen molar-refractivity contribution in [1.82, 2.24) is 5.32 Å². The van der Waals surface area contributed by atoms with Gasteiger partial charge < -0.3 is 10.1 Å².